The maximum absolute atomic E-state index is 12.9. The van der Waals surface area contributed by atoms with Crippen LogP contribution in [0.5, 0.6) is 5.75 Å². The number of β-amino-alcohol motifs (C(OH)–C–C–N with tert-alkyl or cyclic N) is 1. The number of aliphatic hydroxyl groups is 1. The molecule has 0 bridgehead atoms. The van der Waals surface area contributed by atoms with Crippen LogP contribution in [0.2, 0.25) is 0 Å². The quantitative estimate of drug-likeness (QED) is 0.777. The Morgan fingerprint density at radius 2 is 2.12 bits per heavy atom. The van der Waals surface area contributed by atoms with Crippen molar-refractivity contribution >= 4 is 11.6 Å². The number of rotatable bonds is 3. The van der Waals surface area contributed by atoms with Gasteiger partial charge in [0.05, 0.1) is 12.7 Å². The second-order valence-electron chi connectivity index (χ2n) is 6.74. The molecule has 0 unspecified atom stereocenters. The van der Waals surface area contributed by atoms with E-state index >= 15 is 0 Å². The van der Waals surface area contributed by atoms with Crippen molar-refractivity contribution in [3.8, 4) is 5.75 Å². The van der Waals surface area contributed by atoms with Crippen molar-refractivity contribution in [2.45, 2.75) is 25.0 Å². The highest BCUT2D eigenvalue weighted by Gasteiger charge is 2.41. The molecule has 1 aliphatic rings. The number of likely N-dealkylation sites (tertiary alicyclic amines) is 1. The van der Waals surface area contributed by atoms with Gasteiger partial charge in [-0.25, -0.2) is 9.50 Å². The lowest BCUT2D eigenvalue weighted by atomic mass is 9.91. The maximum atomic E-state index is 12.9. The lowest BCUT2D eigenvalue weighted by Crippen LogP contribution is -2.58. The minimum atomic E-state index is -1.15. The summed E-state index contributed by atoms with van der Waals surface area (Å²) in [6.45, 7) is 2.39. The summed E-state index contributed by atoms with van der Waals surface area (Å²) in [7, 11) is 0. The average Bonchev–Trinajstić information content (AvgIpc) is 3.07. The molecule has 0 saturated carbocycles. The molecule has 7 nitrogen and oxygen atoms in total. The maximum Gasteiger partial charge on any atom is 0.259 e. The zero-order chi connectivity index (χ0) is 18.1. The number of fused-ring (bicyclic) bond motifs is 1. The second-order valence-corrected chi connectivity index (χ2v) is 6.74. The van der Waals surface area contributed by atoms with E-state index in [4.69, 9.17) is 4.74 Å². The van der Waals surface area contributed by atoms with Gasteiger partial charge in [0.25, 0.3) is 5.91 Å². The molecule has 26 heavy (non-hydrogen) atoms. The molecule has 2 atom stereocenters. The van der Waals surface area contributed by atoms with Crippen molar-refractivity contribution < 1.29 is 14.6 Å². The standard InChI is InChI=1S/C19H20N4O3/c1-19(25)13-22(11-8-16(19)26-14-6-3-2-4-7-14)18(24)15-12-21-23-10-5-9-20-17(15)23/h2-7,9-10,12,16,25H,8,11,13H2,1H3/t16-,19-/m0/s1. The van der Waals surface area contributed by atoms with Crippen LogP contribution in [0.25, 0.3) is 5.65 Å². The molecule has 1 aromatic carbocycles. The molecule has 1 saturated heterocycles. The summed E-state index contributed by atoms with van der Waals surface area (Å²) in [5, 5.41) is 15.0. The van der Waals surface area contributed by atoms with E-state index in [1.54, 1.807) is 34.8 Å². The molecule has 1 aliphatic heterocycles. The number of nitrogens with zero attached hydrogens (tertiary/aromatic N) is 4. The minimum absolute atomic E-state index is 0.183. The fourth-order valence-corrected chi connectivity index (χ4v) is 3.32. The van der Waals surface area contributed by atoms with E-state index in [-0.39, 0.29) is 18.6 Å². The van der Waals surface area contributed by atoms with Gasteiger partial charge in [-0.3, -0.25) is 4.79 Å². The summed E-state index contributed by atoms with van der Waals surface area (Å²) in [5.41, 5.74) is -0.205. The highest BCUT2D eigenvalue weighted by Crippen LogP contribution is 2.27. The van der Waals surface area contributed by atoms with Crippen molar-refractivity contribution in [2.24, 2.45) is 0 Å². The van der Waals surface area contributed by atoms with Crippen LogP contribution in [-0.2, 0) is 0 Å². The van der Waals surface area contributed by atoms with E-state index in [1.807, 2.05) is 30.3 Å². The molecule has 4 rings (SSSR count). The fraction of sp³-hybridized carbons (Fsp3) is 0.316. The van der Waals surface area contributed by atoms with Crippen LogP contribution in [0, 0.1) is 0 Å². The number of benzene rings is 1. The van der Waals surface area contributed by atoms with Crippen LogP contribution in [0.1, 0.15) is 23.7 Å². The van der Waals surface area contributed by atoms with E-state index in [0.29, 0.717) is 29.9 Å². The Bertz CT molecular complexity index is 923. The molecule has 3 heterocycles. The number of para-hydroxylation sites is 1. The molecule has 0 aliphatic carbocycles. The van der Waals surface area contributed by atoms with Gasteiger partial charge in [0.2, 0.25) is 0 Å². The van der Waals surface area contributed by atoms with Gasteiger partial charge in [-0.15, -0.1) is 0 Å². The Labute approximate surface area is 150 Å². The van der Waals surface area contributed by atoms with Gasteiger partial charge in [-0.1, -0.05) is 18.2 Å². The zero-order valence-corrected chi connectivity index (χ0v) is 14.4. The largest absolute Gasteiger partial charge is 0.487 e. The average molecular weight is 352 g/mol. The number of ether oxygens (including phenoxy) is 1. The lowest BCUT2D eigenvalue weighted by molar-refractivity contribution is -0.0899. The summed E-state index contributed by atoms with van der Waals surface area (Å²) < 4.78 is 7.51. The predicted molar refractivity (Wildman–Crippen MR) is 95.0 cm³/mol. The molecule has 1 amide bonds. The van der Waals surface area contributed by atoms with Gasteiger partial charge < -0.3 is 14.7 Å². The number of aromatic nitrogens is 3. The predicted octanol–water partition coefficient (Wildman–Crippen LogP) is 1.77. The van der Waals surface area contributed by atoms with E-state index in [0.717, 1.165) is 0 Å². The van der Waals surface area contributed by atoms with Crippen LogP contribution in [0.15, 0.2) is 55.0 Å². The Hall–Kier alpha value is -2.93. The van der Waals surface area contributed by atoms with Crippen molar-refractivity contribution in [2.75, 3.05) is 13.1 Å². The number of carbonyl (C=O) groups excluding carboxylic acids is 1. The van der Waals surface area contributed by atoms with Crippen LogP contribution in [0.4, 0.5) is 0 Å². The summed E-state index contributed by atoms with van der Waals surface area (Å²) in [4.78, 5) is 18.8. The first-order chi connectivity index (χ1) is 12.5. The Balaban J connectivity index is 1.51. The topological polar surface area (TPSA) is 80.0 Å². The highest BCUT2D eigenvalue weighted by atomic mass is 16.5. The molecular weight excluding hydrogens is 332 g/mol. The highest BCUT2D eigenvalue weighted by molar-refractivity contribution is 5.99. The van der Waals surface area contributed by atoms with Gasteiger partial charge in [0.1, 0.15) is 23.0 Å². The Kier molecular flexibility index (Phi) is 4.08. The van der Waals surface area contributed by atoms with E-state index < -0.39 is 5.60 Å². The third-order valence-electron chi connectivity index (χ3n) is 4.68. The second kappa shape index (κ2) is 6.42. The molecule has 1 fully saturated rings. The van der Waals surface area contributed by atoms with Gasteiger partial charge in [0, 0.05) is 25.4 Å². The molecular formula is C19H20N4O3. The summed E-state index contributed by atoms with van der Waals surface area (Å²) >= 11 is 0. The van der Waals surface area contributed by atoms with Crippen LogP contribution < -0.4 is 4.74 Å². The third-order valence-corrected chi connectivity index (χ3v) is 4.68. The monoisotopic (exact) mass is 352 g/mol. The minimum Gasteiger partial charge on any atom is -0.487 e. The van der Waals surface area contributed by atoms with Crippen molar-refractivity contribution in [1.29, 1.82) is 0 Å². The Morgan fingerprint density at radius 3 is 2.88 bits per heavy atom. The van der Waals surface area contributed by atoms with E-state index in [9.17, 15) is 9.90 Å². The fourth-order valence-electron chi connectivity index (χ4n) is 3.32. The van der Waals surface area contributed by atoms with Crippen molar-refractivity contribution in [3.63, 3.8) is 0 Å². The third kappa shape index (κ3) is 3.01. The first-order valence-electron chi connectivity index (χ1n) is 8.56. The molecule has 3 aromatic rings. The first-order valence-corrected chi connectivity index (χ1v) is 8.56. The molecule has 7 heteroatoms. The van der Waals surface area contributed by atoms with Crippen LogP contribution >= 0.6 is 0 Å². The SMILES string of the molecule is C[C@]1(O)CN(C(=O)c2cnn3cccnc23)CC[C@@H]1Oc1ccccc1. The smallest absolute Gasteiger partial charge is 0.259 e. The number of piperidine rings is 1. The van der Waals surface area contributed by atoms with E-state index in [2.05, 4.69) is 10.1 Å². The number of hydrogen-bond donors (Lipinski definition) is 1. The lowest BCUT2D eigenvalue weighted by Gasteiger charge is -2.42. The summed E-state index contributed by atoms with van der Waals surface area (Å²) in [5.74, 6) is 0.529. The first kappa shape index (κ1) is 16.5. The molecule has 2 aromatic heterocycles. The van der Waals surface area contributed by atoms with Crippen molar-refractivity contribution in [3.05, 3.63) is 60.6 Å². The van der Waals surface area contributed by atoms with Crippen molar-refractivity contribution in [1.82, 2.24) is 19.5 Å². The number of hydrogen-bond acceptors (Lipinski definition) is 5. The molecule has 0 spiro atoms. The molecule has 1 N–H and O–H groups in total. The van der Waals surface area contributed by atoms with Crippen LogP contribution in [-0.4, -0.2) is 55.3 Å². The number of amides is 1. The normalized spacial score (nSPS) is 23.2. The van der Waals surface area contributed by atoms with Gasteiger partial charge >= 0.3 is 0 Å². The molecule has 0 radical (unpaired) electrons. The summed E-state index contributed by atoms with van der Waals surface area (Å²) in [6, 6.07) is 11.2. The Morgan fingerprint density at radius 1 is 1.31 bits per heavy atom. The van der Waals surface area contributed by atoms with Crippen LogP contribution in [0.3, 0.4) is 0 Å². The number of carbonyl (C=O) groups is 1. The zero-order valence-electron chi connectivity index (χ0n) is 14.4. The van der Waals surface area contributed by atoms with Gasteiger partial charge in [-0.05, 0) is 25.1 Å². The molecule has 134 valence electrons. The van der Waals surface area contributed by atoms with Gasteiger partial charge in [0.15, 0.2) is 5.65 Å². The van der Waals surface area contributed by atoms with Gasteiger partial charge in [-0.2, -0.15) is 5.10 Å². The summed E-state index contributed by atoms with van der Waals surface area (Å²) in [6.07, 6.45) is 5.06. The van der Waals surface area contributed by atoms with E-state index in [1.165, 1.54) is 6.20 Å².